The number of aromatic nitrogens is 2. The first-order valence-corrected chi connectivity index (χ1v) is 9.66. The van der Waals surface area contributed by atoms with Gasteiger partial charge in [0.1, 0.15) is 17.3 Å². The third kappa shape index (κ3) is 4.17. The number of anilines is 1. The van der Waals surface area contributed by atoms with Crippen LogP contribution < -0.4 is 14.8 Å². The fraction of sp³-hybridized carbons (Fsp3) is 0.350. The molecule has 0 spiro atoms. The highest BCUT2D eigenvalue weighted by Crippen LogP contribution is 2.37. The number of nitrogens with zero attached hydrogens (tertiary/aromatic N) is 2. The fourth-order valence-electron chi connectivity index (χ4n) is 2.97. The summed E-state index contributed by atoms with van der Waals surface area (Å²) in [7, 11) is 3.22. The summed E-state index contributed by atoms with van der Waals surface area (Å²) in [4.78, 5) is 17.9. The molecule has 1 aromatic carbocycles. The van der Waals surface area contributed by atoms with Crippen molar-refractivity contribution in [3.8, 4) is 22.8 Å². The number of carbonyl (C=O) groups excluding carboxylic acids is 1. The minimum atomic E-state index is -0.0954. The predicted octanol–water partition coefficient (Wildman–Crippen LogP) is 4.31. The van der Waals surface area contributed by atoms with Crippen LogP contribution in [0.1, 0.15) is 28.3 Å². The Hall–Kier alpha value is -2.87. The minimum absolute atomic E-state index is 0.0954. The second-order valence-electron chi connectivity index (χ2n) is 6.34. The lowest BCUT2D eigenvalue weighted by atomic mass is 10.1. The average molecular weight is 401 g/mol. The Morgan fingerprint density at radius 1 is 1.21 bits per heavy atom. The molecule has 0 aliphatic rings. The van der Waals surface area contributed by atoms with Gasteiger partial charge in [0.2, 0.25) is 5.91 Å². The molecule has 1 N–H and O–H groups in total. The predicted molar refractivity (Wildman–Crippen MR) is 108 cm³/mol. The summed E-state index contributed by atoms with van der Waals surface area (Å²) in [5, 5.41) is 7.37. The van der Waals surface area contributed by atoms with Gasteiger partial charge in [0.05, 0.1) is 25.6 Å². The van der Waals surface area contributed by atoms with Crippen molar-refractivity contribution in [2.75, 3.05) is 19.5 Å². The van der Waals surface area contributed by atoms with Crippen molar-refractivity contribution < 1.29 is 18.8 Å². The van der Waals surface area contributed by atoms with Crippen molar-refractivity contribution in [1.29, 1.82) is 0 Å². The first-order valence-electron chi connectivity index (χ1n) is 8.84. The first kappa shape index (κ1) is 19.9. The summed E-state index contributed by atoms with van der Waals surface area (Å²) in [5.74, 6) is 2.04. The van der Waals surface area contributed by atoms with Gasteiger partial charge in [-0.3, -0.25) is 4.79 Å². The van der Waals surface area contributed by atoms with Crippen molar-refractivity contribution in [2.24, 2.45) is 0 Å². The zero-order valence-electron chi connectivity index (χ0n) is 16.6. The lowest BCUT2D eigenvalue weighted by Gasteiger charge is -2.09. The summed E-state index contributed by atoms with van der Waals surface area (Å²) in [6.07, 6.45) is 0.916. The van der Waals surface area contributed by atoms with E-state index in [-0.39, 0.29) is 5.91 Å². The molecule has 0 atom stereocenters. The van der Waals surface area contributed by atoms with E-state index in [9.17, 15) is 4.79 Å². The Bertz CT molecular complexity index is 974. The van der Waals surface area contributed by atoms with Crippen molar-refractivity contribution in [3.05, 3.63) is 40.1 Å². The first-order chi connectivity index (χ1) is 13.4. The lowest BCUT2D eigenvalue weighted by Crippen LogP contribution is -2.12. The molecule has 3 aromatic rings. The Morgan fingerprint density at radius 3 is 2.64 bits per heavy atom. The second-order valence-corrected chi connectivity index (χ2v) is 7.54. The number of rotatable bonds is 7. The molecule has 0 radical (unpaired) electrons. The van der Waals surface area contributed by atoms with Crippen LogP contribution in [-0.2, 0) is 11.2 Å². The molecule has 2 heterocycles. The number of amides is 1. The monoisotopic (exact) mass is 401 g/mol. The molecular weight excluding hydrogens is 378 g/mol. The lowest BCUT2D eigenvalue weighted by molar-refractivity contribution is -0.116. The van der Waals surface area contributed by atoms with E-state index in [1.54, 1.807) is 14.2 Å². The van der Waals surface area contributed by atoms with Crippen LogP contribution in [0.5, 0.6) is 11.5 Å². The van der Waals surface area contributed by atoms with Crippen LogP contribution in [0, 0.1) is 20.8 Å². The van der Waals surface area contributed by atoms with Gasteiger partial charge in [-0.25, -0.2) is 4.98 Å². The molecular formula is C20H23N3O4S. The largest absolute Gasteiger partial charge is 0.497 e. The molecule has 0 bridgehead atoms. The van der Waals surface area contributed by atoms with Gasteiger partial charge < -0.3 is 19.3 Å². The molecule has 0 unspecified atom stereocenters. The highest BCUT2D eigenvalue weighted by Gasteiger charge is 2.17. The summed E-state index contributed by atoms with van der Waals surface area (Å²) in [5.41, 5.74) is 3.44. The van der Waals surface area contributed by atoms with Crippen molar-refractivity contribution in [2.45, 2.75) is 33.6 Å². The highest BCUT2D eigenvalue weighted by atomic mass is 32.1. The third-order valence-corrected chi connectivity index (χ3v) is 5.38. The molecule has 148 valence electrons. The van der Waals surface area contributed by atoms with Gasteiger partial charge in [-0.1, -0.05) is 5.16 Å². The van der Waals surface area contributed by atoms with Crippen molar-refractivity contribution >= 4 is 22.4 Å². The highest BCUT2D eigenvalue weighted by molar-refractivity contribution is 7.16. The van der Waals surface area contributed by atoms with Gasteiger partial charge in [-0.05, 0) is 39.3 Å². The number of benzene rings is 1. The quantitative estimate of drug-likeness (QED) is 0.635. The summed E-state index contributed by atoms with van der Waals surface area (Å²) in [6, 6.07) is 5.58. The number of nitrogens with one attached hydrogen (secondary N) is 1. The van der Waals surface area contributed by atoms with Gasteiger partial charge in [0, 0.05) is 28.5 Å². The normalized spacial score (nSPS) is 10.8. The molecule has 0 aliphatic carbocycles. The van der Waals surface area contributed by atoms with Gasteiger partial charge in [-0.2, -0.15) is 0 Å². The van der Waals surface area contributed by atoms with E-state index in [0.717, 1.165) is 33.2 Å². The van der Waals surface area contributed by atoms with E-state index in [4.69, 9.17) is 14.0 Å². The number of methoxy groups -OCH3 is 2. The molecule has 0 saturated heterocycles. The average Bonchev–Trinajstić information content (AvgIpc) is 3.20. The standard InChI is InChI=1S/C20H23N3O4S/c1-11-15(12(2)27-23-11)8-9-18(24)21-20-22-19(13(3)28-20)16-7-6-14(25-4)10-17(16)26-5/h6-7,10H,8-9H2,1-5H3,(H,21,22,24). The van der Waals surface area contributed by atoms with Crippen LogP contribution in [-0.4, -0.2) is 30.3 Å². The molecule has 0 aliphatic heterocycles. The molecule has 7 nitrogen and oxygen atoms in total. The zero-order valence-corrected chi connectivity index (χ0v) is 17.4. The molecule has 0 fully saturated rings. The van der Waals surface area contributed by atoms with Gasteiger partial charge in [-0.15, -0.1) is 11.3 Å². The van der Waals surface area contributed by atoms with E-state index in [2.05, 4.69) is 15.5 Å². The van der Waals surface area contributed by atoms with Crippen LogP contribution in [0.4, 0.5) is 5.13 Å². The van der Waals surface area contributed by atoms with E-state index < -0.39 is 0 Å². The maximum atomic E-state index is 12.4. The number of aryl methyl sites for hydroxylation is 3. The van der Waals surface area contributed by atoms with Crippen LogP contribution >= 0.6 is 11.3 Å². The van der Waals surface area contributed by atoms with Crippen molar-refractivity contribution in [3.63, 3.8) is 0 Å². The Kier molecular flexibility index (Phi) is 5.99. The molecule has 1 amide bonds. The third-order valence-electron chi connectivity index (χ3n) is 4.49. The van der Waals surface area contributed by atoms with E-state index >= 15 is 0 Å². The SMILES string of the molecule is COc1ccc(-c2nc(NC(=O)CCc3c(C)noc3C)sc2C)c(OC)c1. The summed E-state index contributed by atoms with van der Waals surface area (Å²) >= 11 is 1.44. The maximum Gasteiger partial charge on any atom is 0.226 e. The molecule has 3 rings (SSSR count). The fourth-order valence-corrected chi connectivity index (χ4v) is 3.82. The van der Waals surface area contributed by atoms with Crippen molar-refractivity contribution in [1.82, 2.24) is 10.1 Å². The van der Waals surface area contributed by atoms with Gasteiger partial charge in [0.25, 0.3) is 0 Å². The number of ether oxygens (including phenoxy) is 2. The molecule has 0 saturated carbocycles. The Morgan fingerprint density at radius 2 is 2.00 bits per heavy atom. The Labute approximate surface area is 167 Å². The van der Waals surface area contributed by atoms with E-state index in [1.165, 1.54) is 11.3 Å². The van der Waals surface area contributed by atoms with Gasteiger partial charge in [0.15, 0.2) is 5.13 Å². The maximum absolute atomic E-state index is 12.4. The molecule has 2 aromatic heterocycles. The number of hydrogen-bond acceptors (Lipinski definition) is 7. The van der Waals surface area contributed by atoms with Crippen LogP contribution in [0.3, 0.4) is 0 Å². The topological polar surface area (TPSA) is 86.5 Å². The molecule has 8 heteroatoms. The smallest absolute Gasteiger partial charge is 0.226 e. The summed E-state index contributed by atoms with van der Waals surface area (Å²) in [6.45, 7) is 5.70. The van der Waals surface area contributed by atoms with Crippen LogP contribution in [0.25, 0.3) is 11.3 Å². The number of hydrogen-bond donors (Lipinski definition) is 1. The Balaban J connectivity index is 1.73. The van der Waals surface area contributed by atoms with E-state index in [1.807, 2.05) is 39.0 Å². The molecule has 28 heavy (non-hydrogen) atoms. The number of thiazole rings is 1. The minimum Gasteiger partial charge on any atom is -0.497 e. The van der Waals surface area contributed by atoms with Gasteiger partial charge >= 0.3 is 0 Å². The zero-order chi connectivity index (χ0) is 20.3. The summed E-state index contributed by atoms with van der Waals surface area (Å²) < 4.78 is 15.9. The van der Waals surface area contributed by atoms with Crippen LogP contribution in [0.15, 0.2) is 22.7 Å². The second kappa shape index (κ2) is 8.43. The van der Waals surface area contributed by atoms with E-state index in [0.29, 0.717) is 29.5 Å². The number of carbonyl (C=O) groups is 1. The van der Waals surface area contributed by atoms with Crippen LogP contribution in [0.2, 0.25) is 0 Å².